The van der Waals surface area contributed by atoms with Crippen molar-refractivity contribution < 1.29 is 9.50 Å². The highest BCUT2D eigenvalue weighted by Crippen LogP contribution is 2.23. The van der Waals surface area contributed by atoms with Crippen LogP contribution in [0.1, 0.15) is 17.0 Å². The molecule has 1 atom stereocenters. The van der Waals surface area contributed by atoms with Crippen LogP contribution in [0.4, 0.5) is 4.39 Å². The molecule has 2 aromatic rings. The van der Waals surface area contributed by atoms with Crippen LogP contribution in [0.15, 0.2) is 48.5 Å². The first-order chi connectivity index (χ1) is 8.70. The summed E-state index contributed by atoms with van der Waals surface area (Å²) in [6.45, 7) is -0.0798. The van der Waals surface area contributed by atoms with Gasteiger partial charge in [-0.15, -0.1) is 0 Å². The molecule has 0 saturated heterocycles. The van der Waals surface area contributed by atoms with Gasteiger partial charge in [-0.1, -0.05) is 41.9 Å². The zero-order chi connectivity index (χ0) is 13.0. The lowest BCUT2D eigenvalue weighted by Crippen LogP contribution is -2.09. The zero-order valence-corrected chi connectivity index (χ0v) is 10.6. The van der Waals surface area contributed by atoms with Crippen LogP contribution in [0.2, 0.25) is 5.02 Å². The molecule has 0 spiro atoms. The second kappa shape index (κ2) is 5.98. The predicted molar refractivity (Wildman–Crippen MR) is 71.4 cm³/mol. The van der Waals surface area contributed by atoms with Crippen LogP contribution in [0.5, 0.6) is 0 Å². The summed E-state index contributed by atoms with van der Waals surface area (Å²) >= 11 is 5.81. The second-order valence-electron chi connectivity index (χ2n) is 4.23. The van der Waals surface area contributed by atoms with Crippen molar-refractivity contribution in [3.63, 3.8) is 0 Å². The number of rotatable bonds is 4. The molecule has 0 bridgehead atoms. The van der Waals surface area contributed by atoms with Gasteiger partial charge in [-0.3, -0.25) is 0 Å². The smallest absolute Gasteiger partial charge is 0.126 e. The number of aliphatic hydroxyl groups is 1. The van der Waals surface area contributed by atoms with Crippen molar-refractivity contribution in [1.82, 2.24) is 0 Å². The molecule has 0 amide bonds. The lowest BCUT2D eigenvalue weighted by Gasteiger charge is -2.15. The molecule has 2 aromatic carbocycles. The van der Waals surface area contributed by atoms with Crippen LogP contribution in [-0.2, 0) is 6.42 Å². The van der Waals surface area contributed by atoms with Gasteiger partial charge in [0.15, 0.2) is 0 Å². The molecule has 0 heterocycles. The number of hydrogen-bond acceptors (Lipinski definition) is 1. The van der Waals surface area contributed by atoms with Gasteiger partial charge < -0.3 is 5.11 Å². The molecular weight excluding hydrogens is 251 g/mol. The van der Waals surface area contributed by atoms with Crippen LogP contribution in [-0.4, -0.2) is 11.7 Å². The van der Waals surface area contributed by atoms with Crippen molar-refractivity contribution in [3.05, 3.63) is 70.5 Å². The minimum Gasteiger partial charge on any atom is -0.396 e. The van der Waals surface area contributed by atoms with E-state index in [0.29, 0.717) is 17.0 Å². The van der Waals surface area contributed by atoms with Gasteiger partial charge in [0.25, 0.3) is 0 Å². The molecule has 0 aliphatic heterocycles. The summed E-state index contributed by atoms with van der Waals surface area (Å²) in [5.74, 6) is -0.502. The van der Waals surface area contributed by atoms with Crippen LogP contribution < -0.4 is 0 Å². The van der Waals surface area contributed by atoms with Crippen LogP contribution in [0, 0.1) is 5.82 Å². The van der Waals surface area contributed by atoms with Gasteiger partial charge in [0.1, 0.15) is 5.82 Å². The monoisotopic (exact) mass is 264 g/mol. The van der Waals surface area contributed by atoms with E-state index in [1.54, 1.807) is 30.3 Å². The molecule has 2 rings (SSSR count). The molecule has 94 valence electrons. The minimum absolute atomic E-state index is 0.0798. The molecule has 0 radical (unpaired) electrons. The lowest BCUT2D eigenvalue weighted by atomic mass is 9.92. The van der Waals surface area contributed by atoms with E-state index in [2.05, 4.69) is 0 Å². The van der Waals surface area contributed by atoms with E-state index in [9.17, 15) is 9.50 Å². The zero-order valence-electron chi connectivity index (χ0n) is 9.81. The Bertz CT molecular complexity index is 510. The molecule has 0 aliphatic rings. The summed E-state index contributed by atoms with van der Waals surface area (Å²) in [5.41, 5.74) is 1.58. The molecule has 1 unspecified atom stereocenters. The van der Waals surface area contributed by atoms with Crippen molar-refractivity contribution in [3.8, 4) is 0 Å². The van der Waals surface area contributed by atoms with Crippen molar-refractivity contribution in [2.45, 2.75) is 12.3 Å². The molecular formula is C15H14ClFO. The van der Waals surface area contributed by atoms with E-state index >= 15 is 0 Å². The van der Waals surface area contributed by atoms with Gasteiger partial charge in [-0.2, -0.15) is 0 Å². The molecule has 0 aliphatic carbocycles. The SMILES string of the molecule is OCC(Cc1ccc(Cl)cc1)c1ccccc1F. The maximum absolute atomic E-state index is 13.7. The fourth-order valence-corrected chi connectivity index (χ4v) is 2.11. The Kier molecular flexibility index (Phi) is 4.34. The summed E-state index contributed by atoms with van der Waals surface area (Å²) in [6, 6.07) is 13.9. The Morgan fingerprint density at radius 3 is 2.33 bits per heavy atom. The van der Waals surface area contributed by atoms with Crippen molar-refractivity contribution in [2.75, 3.05) is 6.61 Å². The van der Waals surface area contributed by atoms with E-state index in [0.717, 1.165) is 5.56 Å². The summed E-state index contributed by atoms with van der Waals surface area (Å²) in [5, 5.41) is 10.1. The fraction of sp³-hybridized carbons (Fsp3) is 0.200. The van der Waals surface area contributed by atoms with Gasteiger partial charge in [0.05, 0.1) is 6.61 Å². The maximum Gasteiger partial charge on any atom is 0.126 e. The Morgan fingerprint density at radius 1 is 1.06 bits per heavy atom. The van der Waals surface area contributed by atoms with Crippen LogP contribution in [0.3, 0.4) is 0 Å². The van der Waals surface area contributed by atoms with E-state index in [1.165, 1.54) is 6.07 Å². The number of halogens is 2. The highest BCUT2D eigenvalue weighted by Gasteiger charge is 2.15. The quantitative estimate of drug-likeness (QED) is 0.891. The van der Waals surface area contributed by atoms with Gasteiger partial charge >= 0.3 is 0 Å². The highest BCUT2D eigenvalue weighted by molar-refractivity contribution is 6.30. The lowest BCUT2D eigenvalue weighted by molar-refractivity contribution is 0.261. The third-order valence-corrected chi connectivity index (χ3v) is 3.21. The van der Waals surface area contributed by atoms with E-state index < -0.39 is 0 Å². The Labute approximate surface area is 111 Å². The first-order valence-corrected chi connectivity index (χ1v) is 6.18. The van der Waals surface area contributed by atoms with Gasteiger partial charge in [0.2, 0.25) is 0 Å². The molecule has 1 N–H and O–H groups in total. The van der Waals surface area contributed by atoms with Crippen molar-refractivity contribution >= 4 is 11.6 Å². The van der Waals surface area contributed by atoms with E-state index in [-0.39, 0.29) is 18.3 Å². The second-order valence-corrected chi connectivity index (χ2v) is 4.67. The molecule has 3 heteroatoms. The van der Waals surface area contributed by atoms with Crippen LogP contribution >= 0.6 is 11.6 Å². The summed E-state index contributed by atoms with van der Waals surface area (Å²) in [4.78, 5) is 0. The van der Waals surface area contributed by atoms with Gasteiger partial charge in [-0.05, 0) is 35.7 Å². The Morgan fingerprint density at radius 2 is 1.72 bits per heavy atom. The number of hydrogen-bond donors (Lipinski definition) is 1. The Hall–Kier alpha value is -1.38. The summed E-state index contributed by atoms with van der Waals surface area (Å²) in [7, 11) is 0. The normalized spacial score (nSPS) is 12.4. The first kappa shape index (κ1) is 13.1. The summed E-state index contributed by atoms with van der Waals surface area (Å²) in [6.07, 6.45) is 0.592. The third kappa shape index (κ3) is 3.09. The highest BCUT2D eigenvalue weighted by atomic mass is 35.5. The van der Waals surface area contributed by atoms with Crippen LogP contribution in [0.25, 0.3) is 0 Å². The number of aliphatic hydroxyl groups excluding tert-OH is 1. The van der Waals surface area contributed by atoms with Crippen molar-refractivity contribution in [1.29, 1.82) is 0 Å². The molecule has 0 fully saturated rings. The first-order valence-electron chi connectivity index (χ1n) is 5.80. The van der Waals surface area contributed by atoms with Crippen molar-refractivity contribution in [2.24, 2.45) is 0 Å². The summed E-state index contributed by atoms with van der Waals surface area (Å²) < 4.78 is 13.7. The molecule has 0 aromatic heterocycles. The molecule has 0 saturated carbocycles. The van der Waals surface area contributed by atoms with Gasteiger partial charge in [0, 0.05) is 10.9 Å². The average Bonchev–Trinajstić information content (AvgIpc) is 2.39. The molecule has 1 nitrogen and oxygen atoms in total. The topological polar surface area (TPSA) is 20.2 Å². The molecule has 18 heavy (non-hydrogen) atoms. The minimum atomic E-state index is -0.273. The fourth-order valence-electron chi connectivity index (χ4n) is 1.98. The Balaban J connectivity index is 2.20. The maximum atomic E-state index is 13.7. The van der Waals surface area contributed by atoms with E-state index in [4.69, 9.17) is 11.6 Å². The third-order valence-electron chi connectivity index (χ3n) is 2.96. The van der Waals surface area contributed by atoms with Gasteiger partial charge in [-0.25, -0.2) is 4.39 Å². The predicted octanol–water partition coefficient (Wildman–Crippen LogP) is 3.80. The largest absolute Gasteiger partial charge is 0.396 e. The van der Waals surface area contributed by atoms with E-state index in [1.807, 2.05) is 12.1 Å². The number of benzene rings is 2. The standard InChI is InChI=1S/C15H14ClFO/c16-13-7-5-11(6-8-13)9-12(10-18)14-3-1-2-4-15(14)17/h1-8,12,18H,9-10H2. The average molecular weight is 265 g/mol.